The third-order valence-corrected chi connectivity index (χ3v) is 8.62. The molecule has 0 amide bonds. The van der Waals surface area contributed by atoms with Crippen molar-refractivity contribution in [2.45, 2.75) is 0 Å². The van der Waals surface area contributed by atoms with Gasteiger partial charge in [0, 0.05) is 50.2 Å². The summed E-state index contributed by atoms with van der Waals surface area (Å²) >= 11 is 0. The van der Waals surface area contributed by atoms with Crippen LogP contribution in [0.4, 0.5) is 0 Å². The first-order valence-corrected chi connectivity index (χ1v) is 14.8. The lowest BCUT2D eigenvalue weighted by Gasteiger charge is -2.10. The number of benzene rings is 6. The van der Waals surface area contributed by atoms with E-state index in [2.05, 4.69) is 160 Å². The van der Waals surface area contributed by atoms with Gasteiger partial charge in [-0.05, 0) is 66.7 Å². The highest BCUT2D eigenvalue weighted by atomic mass is 15.0. The topological polar surface area (TPSA) is 35.6 Å². The molecule has 9 rings (SSSR count). The van der Waals surface area contributed by atoms with Crippen LogP contribution in [0, 0.1) is 0 Å². The second-order valence-electron chi connectivity index (χ2n) is 11.1. The fourth-order valence-electron chi connectivity index (χ4n) is 6.60. The van der Waals surface area contributed by atoms with Gasteiger partial charge in [-0.15, -0.1) is 0 Å². The monoisotopic (exact) mass is 562 g/mol. The van der Waals surface area contributed by atoms with Gasteiger partial charge in [-0.2, -0.15) is 0 Å². The van der Waals surface area contributed by atoms with Crippen LogP contribution in [0.1, 0.15) is 0 Å². The van der Waals surface area contributed by atoms with Gasteiger partial charge in [0.1, 0.15) is 0 Å². The third kappa shape index (κ3) is 3.78. The average molecular weight is 563 g/mol. The second-order valence-corrected chi connectivity index (χ2v) is 11.1. The normalized spacial score (nSPS) is 11.6. The number of para-hydroxylation sites is 4. The molecule has 3 heterocycles. The zero-order chi connectivity index (χ0) is 29.0. The highest BCUT2D eigenvalue weighted by Crippen LogP contribution is 2.34. The van der Waals surface area contributed by atoms with Crippen molar-refractivity contribution in [3.05, 3.63) is 158 Å². The molecule has 44 heavy (non-hydrogen) atoms. The van der Waals surface area contributed by atoms with Gasteiger partial charge in [-0.1, -0.05) is 84.9 Å². The van der Waals surface area contributed by atoms with Crippen LogP contribution in [0.3, 0.4) is 0 Å². The Morgan fingerprint density at radius 1 is 0.364 bits per heavy atom. The Balaban J connectivity index is 1.06. The van der Waals surface area contributed by atoms with E-state index in [1.165, 1.54) is 43.6 Å². The lowest BCUT2D eigenvalue weighted by Crippen LogP contribution is -1.96. The predicted octanol–water partition coefficient (Wildman–Crippen LogP) is 10.0. The van der Waals surface area contributed by atoms with Gasteiger partial charge >= 0.3 is 0 Å². The van der Waals surface area contributed by atoms with Gasteiger partial charge in [-0.3, -0.25) is 0 Å². The van der Waals surface area contributed by atoms with Crippen LogP contribution in [0.15, 0.2) is 158 Å². The average Bonchev–Trinajstić information content (AvgIpc) is 3.62. The van der Waals surface area contributed by atoms with E-state index in [9.17, 15) is 0 Å². The standard InChI is InChI=1S/C40H26N4/c1-5-13-36-31(9-1)32-10-2-6-14-37(32)43(36)29-21-17-27(18-22-29)35-25-26-41-40(42-35)28-19-23-30(24-20-28)44-38-15-7-3-11-33(38)34-12-4-8-16-39(34)44/h1-26H. The van der Waals surface area contributed by atoms with Crippen molar-refractivity contribution in [2.75, 3.05) is 0 Å². The zero-order valence-electron chi connectivity index (χ0n) is 23.8. The Bertz CT molecular complexity index is 2200. The molecule has 206 valence electrons. The van der Waals surface area contributed by atoms with Gasteiger partial charge in [0.2, 0.25) is 0 Å². The van der Waals surface area contributed by atoms with Gasteiger partial charge in [-0.25, -0.2) is 9.97 Å². The molecule has 0 spiro atoms. The van der Waals surface area contributed by atoms with E-state index >= 15 is 0 Å². The zero-order valence-corrected chi connectivity index (χ0v) is 23.8. The minimum atomic E-state index is 0.711. The first-order valence-electron chi connectivity index (χ1n) is 14.8. The second kappa shape index (κ2) is 9.79. The summed E-state index contributed by atoms with van der Waals surface area (Å²) in [7, 11) is 0. The number of nitrogens with zero attached hydrogens (tertiary/aromatic N) is 4. The van der Waals surface area contributed by atoms with Crippen LogP contribution in [0.2, 0.25) is 0 Å². The molecule has 0 saturated carbocycles. The molecule has 0 N–H and O–H groups in total. The van der Waals surface area contributed by atoms with Crippen LogP contribution < -0.4 is 0 Å². The molecule has 6 aromatic carbocycles. The maximum atomic E-state index is 4.97. The van der Waals surface area contributed by atoms with Gasteiger partial charge in [0.25, 0.3) is 0 Å². The van der Waals surface area contributed by atoms with E-state index in [1.807, 2.05) is 12.3 Å². The molecule has 0 aliphatic heterocycles. The molecule has 0 fully saturated rings. The Labute approximate surface area is 254 Å². The van der Waals surface area contributed by atoms with Crippen molar-refractivity contribution < 1.29 is 0 Å². The van der Waals surface area contributed by atoms with Crippen LogP contribution >= 0.6 is 0 Å². The molecule has 3 aromatic heterocycles. The van der Waals surface area contributed by atoms with E-state index < -0.39 is 0 Å². The summed E-state index contributed by atoms with van der Waals surface area (Å²) in [6.07, 6.45) is 1.85. The summed E-state index contributed by atoms with van der Waals surface area (Å²) in [5, 5.41) is 5.04. The van der Waals surface area contributed by atoms with Gasteiger partial charge in [0.05, 0.1) is 27.8 Å². The Morgan fingerprint density at radius 3 is 1.18 bits per heavy atom. The summed E-state index contributed by atoms with van der Waals surface area (Å²) in [4.78, 5) is 9.60. The van der Waals surface area contributed by atoms with Crippen molar-refractivity contribution in [2.24, 2.45) is 0 Å². The van der Waals surface area contributed by atoms with E-state index in [0.717, 1.165) is 28.2 Å². The largest absolute Gasteiger partial charge is 0.309 e. The van der Waals surface area contributed by atoms with Crippen LogP contribution in [0.5, 0.6) is 0 Å². The Morgan fingerprint density at radius 2 is 0.750 bits per heavy atom. The van der Waals surface area contributed by atoms with E-state index in [4.69, 9.17) is 4.98 Å². The summed E-state index contributed by atoms with van der Waals surface area (Å²) in [6.45, 7) is 0. The molecule has 4 nitrogen and oxygen atoms in total. The van der Waals surface area contributed by atoms with Crippen LogP contribution in [-0.2, 0) is 0 Å². The van der Waals surface area contributed by atoms with Gasteiger partial charge in [0.15, 0.2) is 5.82 Å². The van der Waals surface area contributed by atoms with Gasteiger partial charge < -0.3 is 9.13 Å². The smallest absolute Gasteiger partial charge is 0.159 e. The Hall–Kier alpha value is -6.00. The highest BCUT2D eigenvalue weighted by Gasteiger charge is 2.14. The predicted molar refractivity (Wildman–Crippen MR) is 182 cm³/mol. The van der Waals surface area contributed by atoms with Crippen molar-refractivity contribution >= 4 is 43.6 Å². The number of hydrogen-bond acceptors (Lipinski definition) is 2. The SMILES string of the molecule is c1ccc2c(c1)c1ccccc1n2-c1ccc(-c2ccnc(-c3ccc(-n4c5ccccc5c5ccccc54)cc3)n2)cc1. The van der Waals surface area contributed by atoms with E-state index in [-0.39, 0.29) is 0 Å². The van der Waals surface area contributed by atoms with Crippen LogP contribution in [0.25, 0.3) is 77.6 Å². The summed E-state index contributed by atoms with van der Waals surface area (Å²) in [5.41, 5.74) is 9.98. The maximum absolute atomic E-state index is 4.97. The Kier molecular flexibility index (Phi) is 5.47. The molecule has 0 saturated heterocycles. The first kappa shape index (κ1) is 24.6. The van der Waals surface area contributed by atoms with E-state index in [1.54, 1.807) is 0 Å². The fraction of sp³-hybridized carbons (Fsp3) is 0. The molecule has 4 heteroatoms. The number of rotatable bonds is 4. The molecule has 0 aliphatic rings. The first-order chi connectivity index (χ1) is 21.8. The molecule has 0 atom stereocenters. The van der Waals surface area contributed by atoms with Crippen molar-refractivity contribution in [3.63, 3.8) is 0 Å². The summed E-state index contributed by atoms with van der Waals surface area (Å²) in [6, 6.07) is 53.5. The van der Waals surface area contributed by atoms with Crippen molar-refractivity contribution in [3.8, 4) is 34.0 Å². The number of hydrogen-bond donors (Lipinski definition) is 0. The lowest BCUT2D eigenvalue weighted by atomic mass is 10.1. The molecular weight excluding hydrogens is 536 g/mol. The molecule has 0 aliphatic carbocycles. The lowest BCUT2D eigenvalue weighted by molar-refractivity contribution is 1.16. The highest BCUT2D eigenvalue weighted by molar-refractivity contribution is 6.10. The molecule has 9 aromatic rings. The summed E-state index contributed by atoms with van der Waals surface area (Å²) in [5.74, 6) is 0.711. The maximum Gasteiger partial charge on any atom is 0.159 e. The van der Waals surface area contributed by atoms with Crippen LogP contribution in [-0.4, -0.2) is 19.1 Å². The van der Waals surface area contributed by atoms with Crippen molar-refractivity contribution in [1.82, 2.24) is 19.1 Å². The number of aromatic nitrogens is 4. The van der Waals surface area contributed by atoms with E-state index in [0.29, 0.717) is 5.82 Å². The molecule has 0 unspecified atom stereocenters. The quantitative estimate of drug-likeness (QED) is 0.214. The fourth-order valence-corrected chi connectivity index (χ4v) is 6.60. The summed E-state index contributed by atoms with van der Waals surface area (Å²) < 4.78 is 4.66. The molecular formula is C40H26N4. The third-order valence-electron chi connectivity index (χ3n) is 8.62. The van der Waals surface area contributed by atoms with Crippen molar-refractivity contribution in [1.29, 1.82) is 0 Å². The minimum absolute atomic E-state index is 0.711. The molecule has 0 bridgehead atoms. The minimum Gasteiger partial charge on any atom is -0.309 e. The molecule has 0 radical (unpaired) electrons. The number of fused-ring (bicyclic) bond motifs is 6.